The fraction of sp³-hybridized carbons (Fsp3) is 0.100. The molecule has 0 unspecified atom stereocenters. The number of pyridine rings is 1. The van der Waals surface area contributed by atoms with E-state index in [0.717, 1.165) is 18.2 Å². The van der Waals surface area contributed by atoms with Crippen LogP contribution in [0.4, 0.5) is 28.9 Å². The Morgan fingerprint density at radius 1 is 1.10 bits per heavy atom. The molecule has 1 aromatic heterocycles. The Morgan fingerprint density at radius 2 is 1.86 bits per heavy atom. The van der Waals surface area contributed by atoms with Crippen LogP contribution in [-0.2, 0) is 5.92 Å². The second-order valence-corrected chi connectivity index (χ2v) is 7.28. The van der Waals surface area contributed by atoms with Crippen molar-refractivity contribution in [2.24, 2.45) is 0 Å². The number of aromatic nitrogens is 1. The molecule has 0 saturated heterocycles. The number of nitriles is 1. The lowest BCUT2D eigenvalue weighted by molar-refractivity contribution is 0.0123. The Labute approximate surface area is 177 Å². The van der Waals surface area contributed by atoms with Gasteiger partial charge in [-0.15, -0.1) is 0 Å². The lowest BCUT2D eigenvalue weighted by atomic mass is 10.1. The molecule has 3 rings (SSSR count). The molecule has 1 heterocycles. The minimum atomic E-state index is -3.20. The number of hydrogen-bond acceptors (Lipinski definition) is 4. The van der Waals surface area contributed by atoms with E-state index in [1.54, 1.807) is 6.07 Å². The second-order valence-electron chi connectivity index (χ2n) is 6.04. The van der Waals surface area contributed by atoms with E-state index in [9.17, 15) is 22.8 Å². The molecule has 0 aliphatic carbocycles. The van der Waals surface area contributed by atoms with Crippen LogP contribution in [0.2, 0.25) is 0 Å². The Bertz CT molecular complexity index is 1110. The molecule has 0 saturated carbocycles. The van der Waals surface area contributed by atoms with Crippen LogP contribution in [0.3, 0.4) is 0 Å². The van der Waals surface area contributed by atoms with Crippen molar-refractivity contribution in [2.45, 2.75) is 12.8 Å². The van der Waals surface area contributed by atoms with Gasteiger partial charge >= 0.3 is 0 Å². The van der Waals surface area contributed by atoms with Crippen LogP contribution in [0.1, 0.15) is 18.2 Å². The SMILES string of the molecule is CC(F)(F)c1cccc(Oc2cc(F)cc(Nc3ccc(I)cc3F)c2C#N)n1. The van der Waals surface area contributed by atoms with Crippen LogP contribution in [0, 0.1) is 26.5 Å². The van der Waals surface area contributed by atoms with Gasteiger partial charge in [-0.05, 0) is 52.9 Å². The number of halogens is 5. The van der Waals surface area contributed by atoms with Gasteiger partial charge in [0.25, 0.3) is 5.92 Å². The minimum absolute atomic E-state index is 0.0317. The van der Waals surface area contributed by atoms with E-state index in [4.69, 9.17) is 4.74 Å². The van der Waals surface area contributed by atoms with Crippen LogP contribution in [0.15, 0.2) is 48.5 Å². The molecule has 0 atom stereocenters. The molecule has 0 fully saturated rings. The van der Waals surface area contributed by atoms with Crippen LogP contribution in [0.25, 0.3) is 0 Å². The monoisotopic (exact) mass is 513 g/mol. The van der Waals surface area contributed by atoms with Gasteiger partial charge in [0.2, 0.25) is 5.88 Å². The van der Waals surface area contributed by atoms with Crippen molar-refractivity contribution in [1.82, 2.24) is 4.98 Å². The number of alkyl halides is 2. The topological polar surface area (TPSA) is 57.9 Å². The summed E-state index contributed by atoms with van der Waals surface area (Å²) in [7, 11) is 0. The van der Waals surface area contributed by atoms with Crippen molar-refractivity contribution in [3.05, 3.63) is 75.0 Å². The number of anilines is 2. The van der Waals surface area contributed by atoms with Gasteiger partial charge in [0.05, 0.1) is 11.4 Å². The summed E-state index contributed by atoms with van der Waals surface area (Å²) in [6, 6.07) is 11.9. The summed E-state index contributed by atoms with van der Waals surface area (Å²) in [5, 5.41) is 12.2. The van der Waals surface area contributed by atoms with Crippen molar-refractivity contribution in [2.75, 3.05) is 5.32 Å². The Balaban J connectivity index is 2.00. The maximum Gasteiger partial charge on any atom is 0.287 e. The number of rotatable bonds is 5. The van der Waals surface area contributed by atoms with Gasteiger partial charge in [-0.2, -0.15) is 14.0 Å². The highest BCUT2D eigenvalue weighted by molar-refractivity contribution is 14.1. The standard InChI is InChI=1S/C20H12F4IN3O/c1-20(23,24)18-3-2-4-19(28-18)29-17-8-11(21)7-16(13(17)10-26)27-15-6-5-12(25)9-14(15)22/h2-9,27H,1H3. The van der Waals surface area contributed by atoms with Crippen LogP contribution in [-0.4, -0.2) is 4.98 Å². The first kappa shape index (κ1) is 20.9. The largest absolute Gasteiger partial charge is 0.437 e. The molecular formula is C20H12F4IN3O. The average Bonchev–Trinajstić information content (AvgIpc) is 2.63. The molecular weight excluding hydrogens is 501 g/mol. The number of benzene rings is 2. The fourth-order valence-electron chi connectivity index (χ4n) is 2.44. The first-order chi connectivity index (χ1) is 13.7. The zero-order chi connectivity index (χ0) is 21.2. The first-order valence-electron chi connectivity index (χ1n) is 8.16. The lowest BCUT2D eigenvalue weighted by Gasteiger charge is -2.15. The molecule has 3 aromatic rings. The van der Waals surface area contributed by atoms with E-state index >= 15 is 0 Å². The van der Waals surface area contributed by atoms with Gasteiger partial charge < -0.3 is 10.1 Å². The number of ether oxygens (including phenoxy) is 1. The maximum atomic E-state index is 14.1. The summed E-state index contributed by atoms with van der Waals surface area (Å²) in [6.45, 7) is 0.680. The normalized spacial score (nSPS) is 11.1. The quantitative estimate of drug-likeness (QED) is 0.314. The highest BCUT2D eigenvalue weighted by Crippen LogP contribution is 2.34. The minimum Gasteiger partial charge on any atom is -0.437 e. The van der Waals surface area contributed by atoms with Gasteiger partial charge in [-0.25, -0.2) is 13.8 Å². The second kappa shape index (κ2) is 8.24. The predicted molar refractivity (Wildman–Crippen MR) is 107 cm³/mol. The third-order valence-corrected chi connectivity index (χ3v) is 4.44. The van der Waals surface area contributed by atoms with Crippen LogP contribution >= 0.6 is 22.6 Å². The molecule has 0 amide bonds. The van der Waals surface area contributed by atoms with Gasteiger partial charge in [-0.1, -0.05) is 6.07 Å². The molecule has 148 valence electrons. The van der Waals surface area contributed by atoms with Crippen molar-refractivity contribution in [1.29, 1.82) is 5.26 Å². The predicted octanol–water partition coefficient (Wildman–Crippen LogP) is 6.48. The van der Waals surface area contributed by atoms with Gasteiger partial charge in [0, 0.05) is 22.6 Å². The number of hydrogen-bond donors (Lipinski definition) is 1. The first-order valence-corrected chi connectivity index (χ1v) is 9.24. The summed E-state index contributed by atoms with van der Waals surface area (Å²) in [5.74, 6) is -5.05. The highest BCUT2D eigenvalue weighted by atomic mass is 127. The van der Waals surface area contributed by atoms with E-state index in [1.165, 1.54) is 24.3 Å². The molecule has 4 nitrogen and oxygen atoms in total. The summed E-state index contributed by atoms with van der Waals surface area (Å²) in [6.07, 6.45) is 0. The summed E-state index contributed by atoms with van der Waals surface area (Å²) >= 11 is 1.94. The number of nitrogens with zero attached hydrogens (tertiary/aromatic N) is 2. The van der Waals surface area contributed by atoms with E-state index < -0.39 is 23.3 Å². The van der Waals surface area contributed by atoms with Gasteiger partial charge in [-0.3, -0.25) is 0 Å². The molecule has 0 radical (unpaired) electrons. The summed E-state index contributed by atoms with van der Waals surface area (Å²) in [4.78, 5) is 3.70. The molecule has 2 aromatic carbocycles. The van der Waals surface area contributed by atoms with Crippen molar-refractivity contribution in [3.8, 4) is 17.7 Å². The summed E-state index contributed by atoms with van der Waals surface area (Å²) in [5.41, 5.74) is -0.687. The highest BCUT2D eigenvalue weighted by Gasteiger charge is 2.26. The fourth-order valence-corrected chi connectivity index (χ4v) is 2.89. The molecule has 9 heteroatoms. The molecule has 0 bridgehead atoms. The van der Waals surface area contributed by atoms with E-state index in [-0.39, 0.29) is 28.6 Å². The zero-order valence-electron chi connectivity index (χ0n) is 14.8. The zero-order valence-corrected chi connectivity index (χ0v) is 17.0. The average molecular weight is 513 g/mol. The molecule has 29 heavy (non-hydrogen) atoms. The lowest BCUT2D eigenvalue weighted by Crippen LogP contribution is -2.10. The van der Waals surface area contributed by atoms with Crippen LogP contribution in [0.5, 0.6) is 11.6 Å². The van der Waals surface area contributed by atoms with Gasteiger partial charge in [0.15, 0.2) is 5.75 Å². The third-order valence-electron chi connectivity index (χ3n) is 3.77. The molecule has 0 aliphatic heterocycles. The maximum absolute atomic E-state index is 14.1. The van der Waals surface area contributed by atoms with Crippen LogP contribution < -0.4 is 10.1 Å². The van der Waals surface area contributed by atoms with Crippen molar-refractivity contribution < 1.29 is 22.3 Å². The van der Waals surface area contributed by atoms with Crippen molar-refractivity contribution in [3.63, 3.8) is 0 Å². The third kappa shape index (κ3) is 4.95. The van der Waals surface area contributed by atoms with Gasteiger partial charge in [0.1, 0.15) is 29.0 Å². The Hall–Kier alpha value is -2.87. The smallest absolute Gasteiger partial charge is 0.287 e. The number of nitrogens with one attached hydrogen (secondary N) is 1. The van der Waals surface area contributed by atoms with E-state index in [1.807, 2.05) is 28.7 Å². The molecule has 1 N–H and O–H groups in total. The summed E-state index contributed by atoms with van der Waals surface area (Å²) < 4.78 is 61.3. The molecule has 0 aliphatic rings. The van der Waals surface area contributed by atoms with Crippen molar-refractivity contribution >= 4 is 34.0 Å². The van der Waals surface area contributed by atoms with E-state index in [0.29, 0.717) is 10.5 Å². The Kier molecular flexibility index (Phi) is 5.93. The Morgan fingerprint density at radius 3 is 2.52 bits per heavy atom. The van der Waals surface area contributed by atoms with E-state index in [2.05, 4.69) is 10.3 Å². The molecule has 0 spiro atoms.